The molecule has 0 spiro atoms. The fourth-order valence-electron chi connectivity index (χ4n) is 6.43. The molecular formula is C36H75NO2. The fraction of sp³-hybridized carbons (Fsp3) is 1.00. The number of aliphatic hydroxyl groups is 2. The Morgan fingerprint density at radius 3 is 0.821 bits per heavy atom. The van der Waals surface area contributed by atoms with Gasteiger partial charge in [-0.3, -0.25) is 0 Å². The first-order valence-electron chi connectivity index (χ1n) is 18.0. The van der Waals surface area contributed by atoms with Crippen LogP contribution in [0.1, 0.15) is 213 Å². The predicted molar refractivity (Wildman–Crippen MR) is 174 cm³/mol. The van der Waals surface area contributed by atoms with Crippen molar-refractivity contribution in [1.82, 2.24) is 0 Å². The van der Waals surface area contributed by atoms with Crippen molar-refractivity contribution < 1.29 is 10.2 Å². The van der Waals surface area contributed by atoms with E-state index in [1.165, 1.54) is 167 Å². The Morgan fingerprint density at radius 2 is 0.615 bits per heavy atom. The van der Waals surface area contributed by atoms with Gasteiger partial charge in [-0.15, -0.1) is 0 Å². The van der Waals surface area contributed by atoms with Crippen molar-refractivity contribution >= 4 is 0 Å². The second kappa shape index (κ2) is 29.4. The quantitative estimate of drug-likeness (QED) is 0.0726. The Kier molecular flexibility index (Phi) is 29.3. The molecule has 3 nitrogen and oxygen atoms in total. The van der Waals surface area contributed by atoms with E-state index in [9.17, 15) is 10.2 Å². The fourth-order valence-corrected chi connectivity index (χ4v) is 6.43. The van der Waals surface area contributed by atoms with Crippen molar-refractivity contribution in [3.05, 3.63) is 0 Å². The van der Waals surface area contributed by atoms with Crippen molar-refractivity contribution in [1.29, 1.82) is 0 Å². The average molecular weight is 554 g/mol. The van der Waals surface area contributed by atoms with Crippen molar-refractivity contribution in [2.24, 2.45) is 5.73 Å². The van der Waals surface area contributed by atoms with Crippen LogP contribution in [0.4, 0.5) is 0 Å². The average Bonchev–Trinajstić information content (AvgIpc) is 2.87. The van der Waals surface area contributed by atoms with E-state index < -0.39 is 17.7 Å². The first kappa shape index (κ1) is 38.9. The number of aliphatic hydroxyl groups excluding tert-OH is 2. The van der Waals surface area contributed by atoms with Crippen molar-refractivity contribution in [3.8, 4) is 0 Å². The Labute approximate surface area is 246 Å². The molecule has 0 aliphatic heterocycles. The lowest BCUT2D eigenvalue weighted by Crippen LogP contribution is -2.44. The maximum atomic E-state index is 9.74. The van der Waals surface area contributed by atoms with Crippen LogP contribution in [0.3, 0.4) is 0 Å². The monoisotopic (exact) mass is 554 g/mol. The highest BCUT2D eigenvalue weighted by atomic mass is 16.3. The van der Waals surface area contributed by atoms with Gasteiger partial charge in [-0.1, -0.05) is 180 Å². The first-order chi connectivity index (χ1) is 18.9. The summed E-state index contributed by atoms with van der Waals surface area (Å²) in [5, 5.41) is 19.5. The topological polar surface area (TPSA) is 66.5 Å². The lowest BCUT2D eigenvalue weighted by atomic mass is 9.83. The Hall–Kier alpha value is -0.120. The van der Waals surface area contributed by atoms with Gasteiger partial charge in [0.2, 0.25) is 0 Å². The van der Waals surface area contributed by atoms with E-state index in [4.69, 9.17) is 5.73 Å². The zero-order valence-electron chi connectivity index (χ0n) is 27.3. The van der Waals surface area contributed by atoms with Crippen LogP contribution in [0.15, 0.2) is 0 Å². The van der Waals surface area contributed by atoms with Crippen LogP contribution >= 0.6 is 0 Å². The van der Waals surface area contributed by atoms with E-state index in [0.29, 0.717) is 12.8 Å². The molecule has 236 valence electrons. The third kappa shape index (κ3) is 30.7. The van der Waals surface area contributed by atoms with E-state index in [1.54, 1.807) is 13.8 Å². The molecule has 0 aromatic heterocycles. The van der Waals surface area contributed by atoms with Gasteiger partial charge in [0.15, 0.2) is 0 Å². The molecule has 0 heterocycles. The highest BCUT2D eigenvalue weighted by Crippen LogP contribution is 2.24. The standard InChI is InChI=1S/C36H75NO2/c1-4-5-6-7-8-9-10-11-12-13-14-15-16-17-18-19-20-21-22-23-24-25-26-27-28-29-30-31-36(37,32-34(2)38)33-35(3)39/h34-35,38-39H,4-33,37H2,1-3H3. The number of nitrogens with two attached hydrogens (primary N) is 1. The summed E-state index contributed by atoms with van der Waals surface area (Å²) in [7, 11) is 0. The SMILES string of the molecule is CCCCCCCCCCCCCCCCCCCCCCCCCCCCCC(N)(CC(C)O)CC(C)O. The summed E-state index contributed by atoms with van der Waals surface area (Å²) in [6.45, 7) is 5.89. The molecule has 0 aliphatic carbocycles. The van der Waals surface area contributed by atoms with Crippen molar-refractivity contribution in [3.63, 3.8) is 0 Å². The van der Waals surface area contributed by atoms with E-state index in [0.717, 1.165) is 12.8 Å². The summed E-state index contributed by atoms with van der Waals surface area (Å²) < 4.78 is 0. The lowest BCUT2D eigenvalue weighted by Gasteiger charge is -2.32. The number of hydrogen-bond donors (Lipinski definition) is 3. The second-order valence-electron chi connectivity index (χ2n) is 13.4. The molecule has 3 heteroatoms. The predicted octanol–water partition coefficient (Wildman–Crippen LogP) is 11.2. The highest BCUT2D eigenvalue weighted by molar-refractivity contribution is 4.87. The van der Waals surface area contributed by atoms with Gasteiger partial charge in [-0.2, -0.15) is 0 Å². The van der Waals surface area contributed by atoms with Gasteiger partial charge in [0.05, 0.1) is 12.2 Å². The molecule has 39 heavy (non-hydrogen) atoms. The molecule has 0 aliphatic rings. The van der Waals surface area contributed by atoms with Gasteiger partial charge in [0, 0.05) is 5.54 Å². The molecule has 0 saturated heterocycles. The van der Waals surface area contributed by atoms with Crippen LogP contribution in [0.25, 0.3) is 0 Å². The zero-order valence-corrected chi connectivity index (χ0v) is 27.3. The Bertz CT molecular complexity index is 455. The maximum Gasteiger partial charge on any atom is 0.0529 e. The van der Waals surface area contributed by atoms with E-state index in [1.807, 2.05) is 0 Å². The van der Waals surface area contributed by atoms with Crippen LogP contribution in [0.5, 0.6) is 0 Å². The molecular weight excluding hydrogens is 478 g/mol. The van der Waals surface area contributed by atoms with Crippen molar-refractivity contribution in [2.45, 2.75) is 231 Å². The van der Waals surface area contributed by atoms with Crippen LogP contribution in [0, 0.1) is 0 Å². The summed E-state index contributed by atoms with van der Waals surface area (Å²) in [6, 6.07) is 0. The molecule has 4 N–H and O–H groups in total. The molecule has 0 aromatic rings. The molecule has 0 rings (SSSR count). The number of hydrogen-bond acceptors (Lipinski definition) is 3. The highest BCUT2D eigenvalue weighted by Gasteiger charge is 2.27. The summed E-state index contributed by atoms with van der Waals surface area (Å²) >= 11 is 0. The minimum atomic E-state index is -0.422. The van der Waals surface area contributed by atoms with E-state index in [2.05, 4.69) is 6.92 Å². The third-order valence-electron chi connectivity index (χ3n) is 8.68. The van der Waals surface area contributed by atoms with Gasteiger partial charge in [0.1, 0.15) is 0 Å². The summed E-state index contributed by atoms with van der Waals surface area (Å²) in [5.41, 5.74) is 6.06. The Morgan fingerprint density at radius 1 is 0.410 bits per heavy atom. The van der Waals surface area contributed by atoms with Gasteiger partial charge >= 0.3 is 0 Å². The minimum absolute atomic E-state index is 0.400. The normalized spacial score (nSPS) is 14.9. The molecule has 0 radical (unpaired) electrons. The van der Waals surface area contributed by atoms with Crippen LogP contribution in [-0.4, -0.2) is 28.0 Å². The maximum absolute atomic E-state index is 9.74. The van der Waals surface area contributed by atoms with Gasteiger partial charge < -0.3 is 15.9 Å². The molecule has 0 aromatic carbocycles. The van der Waals surface area contributed by atoms with Gasteiger partial charge in [-0.05, 0) is 33.1 Å². The molecule has 0 amide bonds. The lowest BCUT2D eigenvalue weighted by molar-refractivity contribution is 0.0985. The van der Waals surface area contributed by atoms with Crippen LogP contribution in [-0.2, 0) is 0 Å². The van der Waals surface area contributed by atoms with E-state index >= 15 is 0 Å². The van der Waals surface area contributed by atoms with Crippen LogP contribution < -0.4 is 5.73 Å². The molecule has 0 fully saturated rings. The summed E-state index contributed by atoms with van der Waals surface area (Å²) in [6.07, 6.45) is 39.5. The van der Waals surface area contributed by atoms with Crippen molar-refractivity contribution in [2.75, 3.05) is 0 Å². The number of unbranched alkanes of at least 4 members (excludes halogenated alkanes) is 26. The summed E-state index contributed by atoms with van der Waals surface area (Å²) in [5.74, 6) is 0. The zero-order chi connectivity index (χ0) is 28.9. The molecule has 2 unspecified atom stereocenters. The largest absolute Gasteiger partial charge is 0.393 e. The minimum Gasteiger partial charge on any atom is -0.393 e. The summed E-state index contributed by atoms with van der Waals surface area (Å²) in [4.78, 5) is 0. The molecule has 0 saturated carbocycles. The van der Waals surface area contributed by atoms with Gasteiger partial charge in [0.25, 0.3) is 0 Å². The first-order valence-corrected chi connectivity index (χ1v) is 18.0. The van der Waals surface area contributed by atoms with Gasteiger partial charge in [-0.25, -0.2) is 0 Å². The smallest absolute Gasteiger partial charge is 0.0529 e. The Balaban J connectivity index is 3.26. The molecule has 2 atom stereocenters. The van der Waals surface area contributed by atoms with Crippen LogP contribution in [0.2, 0.25) is 0 Å². The number of rotatable bonds is 32. The third-order valence-corrected chi connectivity index (χ3v) is 8.68. The molecule has 0 bridgehead atoms. The second-order valence-corrected chi connectivity index (χ2v) is 13.4. The van der Waals surface area contributed by atoms with E-state index in [-0.39, 0.29) is 0 Å².